The van der Waals surface area contributed by atoms with E-state index in [1.807, 2.05) is 0 Å². The van der Waals surface area contributed by atoms with Crippen LogP contribution in [0.2, 0.25) is 0 Å². The standard InChI is InChI=1S/C19H22F3N/c20-19(21,22)13-9-10-17-16(11-13)14-7-4-8-15(14)18(23-17)12-5-2-1-3-6-12/h4,7,9-12,14-15,18,23H,1-3,5-6,8H2. The van der Waals surface area contributed by atoms with Crippen molar-refractivity contribution in [3.8, 4) is 0 Å². The molecule has 4 rings (SSSR count). The Kier molecular flexibility index (Phi) is 3.66. The molecule has 1 fully saturated rings. The molecule has 4 heteroatoms. The third-order valence-corrected chi connectivity index (χ3v) is 5.89. The summed E-state index contributed by atoms with van der Waals surface area (Å²) in [6, 6.07) is 4.60. The van der Waals surface area contributed by atoms with Gasteiger partial charge in [-0.3, -0.25) is 0 Å². The summed E-state index contributed by atoms with van der Waals surface area (Å²) in [7, 11) is 0. The fourth-order valence-corrected chi connectivity index (χ4v) is 4.77. The van der Waals surface area contributed by atoms with Gasteiger partial charge in [-0.05, 0) is 54.9 Å². The van der Waals surface area contributed by atoms with E-state index in [-0.39, 0.29) is 5.92 Å². The number of nitrogens with one attached hydrogen (secondary N) is 1. The lowest BCUT2D eigenvalue weighted by molar-refractivity contribution is -0.137. The predicted octanol–water partition coefficient (Wildman–Crippen LogP) is 5.74. The normalized spacial score (nSPS) is 30.7. The van der Waals surface area contributed by atoms with Gasteiger partial charge in [0.05, 0.1) is 5.56 Å². The lowest BCUT2D eigenvalue weighted by Crippen LogP contribution is -2.42. The van der Waals surface area contributed by atoms with Crippen LogP contribution in [0.3, 0.4) is 0 Å². The fraction of sp³-hybridized carbons (Fsp3) is 0.579. The topological polar surface area (TPSA) is 12.0 Å². The molecule has 124 valence electrons. The average molecular weight is 321 g/mol. The van der Waals surface area contributed by atoms with E-state index in [9.17, 15) is 13.2 Å². The van der Waals surface area contributed by atoms with Gasteiger partial charge in [0.25, 0.3) is 0 Å². The van der Waals surface area contributed by atoms with Crippen molar-refractivity contribution >= 4 is 5.69 Å². The van der Waals surface area contributed by atoms with Gasteiger partial charge in [0, 0.05) is 17.6 Å². The maximum Gasteiger partial charge on any atom is 0.416 e. The Morgan fingerprint density at radius 3 is 2.57 bits per heavy atom. The smallest absolute Gasteiger partial charge is 0.381 e. The first-order valence-corrected chi connectivity index (χ1v) is 8.68. The van der Waals surface area contributed by atoms with E-state index in [2.05, 4.69) is 17.5 Å². The average Bonchev–Trinajstić information content (AvgIpc) is 3.03. The summed E-state index contributed by atoms with van der Waals surface area (Å²) >= 11 is 0. The number of hydrogen-bond acceptors (Lipinski definition) is 1. The van der Waals surface area contributed by atoms with E-state index in [0.29, 0.717) is 17.9 Å². The molecule has 0 bridgehead atoms. The van der Waals surface area contributed by atoms with Gasteiger partial charge < -0.3 is 5.32 Å². The summed E-state index contributed by atoms with van der Waals surface area (Å²) in [5.41, 5.74) is 1.19. The molecule has 3 unspecified atom stereocenters. The molecule has 1 N–H and O–H groups in total. The zero-order valence-corrected chi connectivity index (χ0v) is 13.1. The van der Waals surface area contributed by atoms with Crippen LogP contribution in [0.5, 0.6) is 0 Å². The molecular weight excluding hydrogens is 299 g/mol. The molecule has 3 aliphatic rings. The zero-order chi connectivity index (χ0) is 16.0. The SMILES string of the molecule is FC(F)(F)c1ccc2c(c1)C1C=CCC1C(C1CCCCC1)N2. The number of allylic oxidation sites excluding steroid dienone is 2. The second kappa shape index (κ2) is 5.57. The van der Waals surface area contributed by atoms with E-state index in [0.717, 1.165) is 17.7 Å². The first-order valence-electron chi connectivity index (χ1n) is 8.68. The quantitative estimate of drug-likeness (QED) is 0.650. The van der Waals surface area contributed by atoms with Crippen molar-refractivity contribution in [2.45, 2.75) is 56.7 Å². The molecule has 1 heterocycles. The van der Waals surface area contributed by atoms with Gasteiger partial charge in [-0.25, -0.2) is 0 Å². The molecule has 1 aromatic carbocycles. The summed E-state index contributed by atoms with van der Waals surface area (Å²) in [6.07, 6.45) is 7.37. The Labute approximate surface area is 135 Å². The van der Waals surface area contributed by atoms with Crippen molar-refractivity contribution in [3.05, 3.63) is 41.5 Å². The number of alkyl halides is 3. The largest absolute Gasteiger partial charge is 0.416 e. The van der Waals surface area contributed by atoms with Gasteiger partial charge >= 0.3 is 6.18 Å². The monoisotopic (exact) mass is 321 g/mol. The van der Waals surface area contributed by atoms with Crippen LogP contribution in [-0.4, -0.2) is 6.04 Å². The van der Waals surface area contributed by atoms with Crippen LogP contribution < -0.4 is 5.32 Å². The van der Waals surface area contributed by atoms with Crippen LogP contribution >= 0.6 is 0 Å². The molecule has 1 nitrogen and oxygen atoms in total. The highest BCUT2D eigenvalue weighted by molar-refractivity contribution is 5.60. The Hall–Kier alpha value is -1.45. The molecule has 1 aromatic rings. The van der Waals surface area contributed by atoms with Crippen LogP contribution in [0.1, 0.15) is 55.6 Å². The minimum Gasteiger partial charge on any atom is -0.381 e. The summed E-state index contributed by atoms with van der Waals surface area (Å²) in [6.45, 7) is 0. The maximum absolute atomic E-state index is 13.0. The lowest BCUT2D eigenvalue weighted by atomic mass is 9.71. The molecule has 0 spiro atoms. The van der Waals surface area contributed by atoms with Gasteiger partial charge in [0.2, 0.25) is 0 Å². The van der Waals surface area contributed by atoms with Crippen molar-refractivity contribution in [2.75, 3.05) is 5.32 Å². The van der Waals surface area contributed by atoms with Gasteiger partial charge in [0.15, 0.2) is 0 Å². The highest BCUT2D eigenvalue weighted by atomic mass is 19.4. The highest BCUT2D eigenvalue weighted by Crippen LogP contribution is 2.49. The Balaban J connectivity index is 1.68. The first-order chi connectivity index (χ1) is 11.0. The molecule has 0 radical (unpaired) electrons. The minimum absolute atomic E-state index is 0.139. The van der Waals surface area contributed by atoms with Gasteiger partial charge in [-0.2, -0.15) is 13.2 Å². The van der Waals surface area contributed by atoms with E-state index >= 15 is 0 Å². The fourth-order valence-electron chi connectivity index (χ4n) is 4.77. The van der Waals surface area contributed by atoms with E-state index in [1.165, 1.54) is 44.2 Å². The van der Waals surface area contributed by atoms with E-state index in [4.69, 9.17) is 0 Å². The lowest BCUT2D eigenvalue weighted by Gasteiger charge is -2.42. The summed E-state index contributed by atoms with van der Waals surface area (Å²) in [5, 5.41) is 3.61. The van der Waals surface area contributed by atoms with Crippen LogP contribution in [0, 0.1) is 11.8 Å². The molecule has 0 saturated heterocycles. The van der Waals surface area contributed by atoms with Crippen LogP contribution in [0.25, 0.3) is 0 Å². The number of rotatable bonds is 1. The molecular formula is C19H22F3N. The molecule has 0 amide bonds. The summed E-state index contributed by atoms with van der Waals surface area (Å²) in [5.74, 6) is 1.21. The summed E-state index contributed by atoms with van der Waals surface area (Å²) in [4.78, 5) is 0. The Bertz CT molecular complexity index is 614. The highest BCUT2D eigenvalue weighted by Gasteiger charge is 2.42. The Morgan fingerprint density at radius 1 is 1.04 bits per heavy atom. The number of anilines is 1. The number of fused-ring (bicyclic) bond motifs is 3. The van der Waals surface area contributed by atoms with Gasteiger partial charge in [0.1, 0.15) is 0 Å². The second-order valence-electron chi connectivity index (χ2n) is 7.22. The molecule has 23 heavy (non-hydrogen) atoms. The maximum atomic E-state index is 13.0. The molecule has 0 aromatic heterocycles. The van der Waals surface area contributed by atoms with Crippen LogP contribution in [0.4, 0.5) is 18.9 Å². The predicted molar refractivity (Wildman–Crippen MR) is 85.4 cm³/mol. The van der Waals surface area contributed by atoms with Crippen molar-refractivity contribution in [2.24, 2.45) is 11.8 Å². The van der Waals surface area contributed by atoms with Crippen molar-refractivity contribution in [3.63, 3.8) is 0 Å². The number of benzene rings is 1. The Morgan fingerprint density at radius 2 is 1.83 bits per heavy atom. The van der Waals surface area contributed by atoms with Gasteiger partial charge in [-0.15, -0.1) is 0 Å². The van der Waals surface area contributed by atoms with Crippen molar-refractivity contribution in [1.82, 2.24) is 0 Å². The third-order valence-electron chi connectivity index (χ3n) is 5.89. The molecule has 1 saturated carbocycles. The first kappa shape index (κ1) is 15.1. The van der Waals surface area contributed by atoms with Crippen molar-refractivity contribution < 1.29 is 13.2 Å². The third kappa shape index (κ3) is 2.66. The van der Waals surface area contributed by atoms with Crippen molar-refractivity contribution in [1.29, 1.82) is 0 Å². The van der Waals surface area contributed by atoms with Crippen LogP contribution in [-0.2, 0) is 6.18 Å². The number of hydrogen-bond donors (Lipinski definition) is 1. The van der Waals surface area contributed by atoms with E-state index < -0.39 is 11.7 Å². The summed E-state index contributed by atoms with van der Waals surface area (Å²) < 4.78 is 39.1. The zero-order valence-electron chi connectivity index (χ0n) is 13.1. The molecule has 3 atom stereocenters. The second-order valence-corrected chi connectivity index (χ2v) is 7.22. The van der Waals surface area contributed by atoms with Gasteiger partial charge in [-0.1, -0.05) is 31.4 Å². The molecule has 2 aliphatic carbocycles. The minimum atomic E-state index is -4.27. The van der Waals surface area contributed by atoms with E-state index in [1.54, 1.807) is 6.07 Å². The molecule has 1 aliphatic heterocycles. The number of halogens is 3. The van der Waals surface area contributed by atoms with Crippen LogP contribution in [0.15, 0.2) is 30.4 Å².